The van der Waals surface area contributed by atoms with Crippen molar-refractivity contribution in [2.45, 2.75) is 11.4 Å². The molecule has 0 aliphatic rings. The highest BCUT2D eigenvalue weighted by atomic mass is 32.2. The summed E-state index contributed by atoms with van der Waals surface area (Å²) < 4.78 is 22.8. The highest BCUT2D eigenvalue weighted by molar-refractivity contribution is 7.90. The number of hydrogen-bond donors (Lipinski definition) is 1. The quantitative estimate of drug-likeness (QED) is 0.896. The van der Waals surface area contributed by atoms with Crippen molar-refractivity contribution < 1.29 is 13.2 Å². The second kappa shape index (κ2) is 6.78. The van der Waals surface area contributed by atoms with Gasteiger partial charge in [0.25, 0.3) is 5.91 Å². The summed E-state index contributed by atoms with van der Waals surface area (Å²) in [6.07, 6.45) is 2.83. The molecule has 0 unspecified atom stereocenters. The maximum absolute atomic E-state index is 12.2. The first-order valence-corrected chi connectivity index (χ1v) is 8.87. The number of aromatic nitrogens is 1. The summed E-state index contributed by atoms with van der Waals surface area (Å²) in [6.45, 7) is 0.341. The van der Waals surface area contributed by atoms with E-state index in [1.54, 1.807) is 6.20 Å². The van der Waals surface area contributed by atoms with Crippen LogP contribution < -0.4 is 10.2 Å². The summed E-state index contributed by atoms with van der Waals surface area (Å²) >= 11 is 0. The van der Waals surface area contributed by atoms with Crippen LogP contribution >= 0.6 is 0 Å². The third kappa shape index (κ3) is 4.29. The first kappa shape index (κ1) is 17.0. The van der Waals surface area contributed by atoms with Crippen molar-refractivity contribution in [1.82, 2.24) is 10.3 Å². The lowest BCUT2D eigenvalue weighted by molar-refractivity contribution is 0.0951. The summed E-state index contributed by atoms with van der Waals surface area (Å²) in [5.74, 6) is 0.527. The molecule has 1 heterocycles. The summed E-state index contributed by atoms with van der Waals surface area (Å²) in [6, 6.07) is 9.58. The van der Waals surface area contributed by atoms with Gasteiger partial charge < -0.3 is 10.2 Å². The second-order valence-electron chi connectivity index (χ2n) is 5.36. The van der Waals surface area contributed by atoms with E-state index in [1.165, 1.54) is 24.3 Å². The number of rotatable bonds is 5. The molecular formula is C16H19N3O3S. The average Bonchev–Trinajstić information content (AvgIpc) is 2.52. The van der Waals surface area contributed by atoms with Crippen LogP contribution in [0, 0.1) is 0 Å². The molecule has 0 atom stereocenters. The molecule has 1 amide bonds. The lowest BCUT2D eigenvalue weighted by Crippen LogP contribution is -2.24. The number of amides is 1. The number of benzene rings is 1. The van der Waals surface area contributed by atoms with Gasteiger partial charge in [0.15, 0.2) is 9.84 Å². The molecule has 122 valence electrons. The summed E-state index contributed by atoms with van der Waals surface area (Å²) in [7, 11) is 0.512. The van der Waals surface area contributed by atoms with Crippen LogP contribution in [0.3, 0.4) is 0 Å². The maximum atomic E-state index is 12.2. The predicted molar refractivity (Wildman–Crippen MR) is 89.3 cm³/mol. The molecule has 7 heteroatoms. The zero-order chi connectivity index (χ0) is 17.0. The number of pyridine rings is 1. The fourth-order valence-corrected chi connectivity index (χ4v) is 2.73. The molecule has 0 saturated carbocycles. The van der Waals surface area contributed by atoms with Crippen LogP contribution in [0.4, 0.5) is 5.82 Å². The van der Waals surface area contributed by atoms with E-state index in [9.17, 15) is 13.2 Å². The third-order valence-electron chi connectivity index (χ3n) is 3.28. The van der Waals surface area contributed by atoms with Gasteiger partial charge in [-0.2, -0.15) is 0 Å². The van der Waals surface area contributed by atoms with Gasteiger partial charge >= 0.3 is 0 Å². The minimum absolute atomic E-state index is 0.191. The minimum Gasteiger partial charge on any atom is -0.362 e. The Balaban J connectivity index is 2.09. The van der Waals surface area contributed by atoms with Gasteiger partial charge in [0.1, 0.15) is 5.82 Å². The Kier molecular flexibility index (Phi) is 5.00. The normalized spacial score (nSPS) is 11.1. The van der Waals surface area contributed by atoms with Crippen LogP contribution in [-0.2, 0) is 16.4 Å². The van der Waals surface area contributed by atoms with Crippen LogP contribution in [-0.4, -0.2) is 39.7 Å². The molecule has 6 nitrogen and oxygen atoms in total. The van der Waals surface area contributed by atoms with E-state index in [0.717, 1.165) is 17.6 Å². The predicted octanol–water partition coefficient (Wildman–Crippen LogP) is 1.48. The van der Waals surface area contributed by atoms with Crippen LogP contribution in [0.1, 0.15) is 15.9 Å². The van der Waals surface area contributed by atoms with Crippen molar-refractivity contribution in [3.05, 3.63) is 53.7 Å². The zero-order valence-electron chi connectivity index (χ0n) is 13.3. The first-order valence-electron chi connectivity index (χ1n) is 6.98. The number of nitrogens with one attached hydrogen (secondary N) is 1. The monoisotopic (exact) mass is 333 g/mol. The molecule has 0 saturated heterocycles. The van der Waals surface area contributed by atoms with Gasteiger partial charge in [0.2, 0.25) is 0 Å². The van der Waals surface area contributed by atoms with E-state index >= 15 is 0 Å². The number of anilines is 1. The Morgan fingerprint density at radius 2 is 1.83 bits per heavy atom. The van der Waals surface area contributed by atoms with Gasteiger partial charge in [-0.25, -0.2) is 13.4 Å². The molecule has 0 radical (unpaired) electrons. The van der Waals surface area contributed by atoms with E-state index < -0.39 is 9.84 Å². The highest BCUT2D eigenvalue weighted by Gasteiger charge is 2.11. The zero-order valence-corrected chi connectivity index (χ0v) is 14.1. The van der Waals surface area contributed by atoms with Crippen molar-refractivity contribution in [2.75, 3.05) is 25.3 Å². The lowest BCUT2D eigenvalue weighted by Gasteiger charge is -2.16. The fraction of sp³-hybridized carbons (Fsp3) is 0.250. The largest absolute Gasteiger partial charge is 0.362 e. The molecule has 0 bridgehead atoms. The fourth-order valence-electron chi connectivity index (χ4n) is 2.10. The van der Waals surface area contributed by atoms with Crippen LogP contribution in [0.2, 0.25) is 0 Å². The van der Waals surface area contributed by atoms with Crippen LogP contribution in [0.5, 0.6) is 0 Å². The maximum Gasteiger partial charge on any atom is 0.251 e. The molecule has 23 heavy (non-hydrogen) atoms. The molecule has 0 fully saturated rings. The van der Waals surface area contributed by atoms with Gasteiger partial charge in [0.05, 0.1) is 4.90 Å². The average molecular weight is 333 g/mol. The van der Waals surface area contributed by atoms with Crippen molar-refractivity contribution in [3.63, 3.8) is 0 Å². The van der Waals surface area contributed by atoms with Crippen molar-refractivity contribution in [3.8, 4) is 0 Å². The minimum atomic E-state index is -3.26. The van der Waals surface area contributed by atoms with Crippen molar-refractivity contribution in [1.29, 1.82) is 0 Å². The smallest absolute Gasteiger partial charge is 0.251 e. The Bertz CT molecular complexity index is 800. The van der Waals surface area contributed by atoms with Gasteiger partial charge in [-0.15, -0.1) is 0 Å². The molecule has 0 spiro atoms. The van der Waals surface area contributed by atoms with E-state index in [4.69, 9.17) is 0 Å². The Labute approximate surface area is 136 Å². The first-order chi connectivity index (χ1) is 10.8. The Morgan fingerprint density at radius 1 is 1.17 bits per heavy atom. The summed E-state index contributed by atoms with van der Waals surface area (Å²) in [5, 5.41) is 2.81. The van der Waals surface area contributed by atoms with E-state index in [-0.39, 0.29) is 10.8 Å². The van der Waals surface area contributed by atoms with E-state index in [2.05, 4.69) is 10.3 Å². The molecule has 1 aromatic carbocycles. The van der Waals surface area contributed by atoms with Gasteiger partial charge in [-0.05, 0) is 30.3 Å². The SMILES string of the molecule is CN(C)c1ncccc1CNC(=O)c1ccc(S(C)(=O)=O)cc1. The van der Waals surface area contributed by atoms with Crippen molar-refractivity contribution >= 4 is 21.6 Å². The summed E-state index contributed by atoms with van der Waals surface area (Å²) in [5.41, 5.74) is 1.31. The summed E-state index contributed by atoms with van der Waals surface area (Å²) in [4.78, 5) is 18.5. The molecule has 2 rings (SSSR count). The molecule has 0 aliphatic carbocycles. The Hall–Kier alpha value is -2.41. The molecule has 1 aromatic heterocycles. The van der Waals surface area contributed by atoms with Crippen molar-refractivity contribution in [2.24, 2.45) is 0 Å². The van der Waals surface area contributed by atoms with E-state index in [0.29, 0.717) is 12.1 Å². The molecular weight excluding hydrogens is 314 g/mol. The Morgan fingerprint density at radius 3 is 2.39 bits per heavy atom. The third-order valence-corrected chi connectivity index (χ3v) is 4.40. The highest BCUT2D eigenvalue weighted by Crippen LogP contribution is 2.14. The number of carbonyl (C=O) groups is 1. The number of carbonyl (C=O) groups excluding carboxylic acids is 1. The standard InChI is InChI=1S/C16H19N3O3S/c1-19(2)15-13(5-4-10-17-15)11-18-16(20)12-6-8-14(9-7-12)23(3,21)22/h4-10H,11H2,1-3H3,(H,18,20). The van der Waals surface area contributed by atoms with Crippen LogP contribution in [0.25, 0.3) is 0 Å². The lowest BCUT2D eigenvalue weighted by atomic mass is 10.2. The van der Waals surface area contributed by atoms with E-state index in [1.807, 2.05) is 31.1 Å². The number of sulfone groups is 1. The molecule has 2 aromatic rings. The van der Waals surface area contributed by atoms with Gasteiger partial charge in [-0.1, -0.05) is 6.07 Å². The second-order valence-corrected chi connectivity index (χ2v) is 7.38. The molecule has 1 N–H and O–H groups in total. The number of nitrogens with zero attached hydrogens (tertiary/aromatic N) is 2. The molecule has 0 aliphatic heterocycles. The van der Waals surface area contributed by atoms with Gasteiger partial charge in [-0.3, -0.25) is 4.79 Å². The number of hydrogen-bond acceptors (Lipinski definition) is 5. The van der Waals surface area contributed by atoms with Crippen LogP contribution in [0.15, 0.2) is 47.5 Å². The topological polar surface area (TPSA) is 79.4 Å². The van der Waals surface area contributed by atoms with Gasteiger partial charge in [0, 0.05) is 44.2 Å².